The topological polar surface area (TPSA) is 125 Å². The molecule has 1 aliphatic heterocycles. The summed E-state index contributed by atoms with van der Waals surface area (Å²) in [6, 6.07) is 10.3. The van der Waals surface area contributed by atoms with Crippen LogP contribution in [0.1, 0.15) is 23.2 Å². The lowest BCUT2D eigenvalue weighted by molar-refractivity contribution is -0.127. The summed E-state index contributed by atoms with van der Waals surface area (Å²) in [6.45, 7) is 4.00. The normalized spacial score (nSPS) is 12.8. The predicted molar refractivity (Wildman–Crippen MR) is 117 cm³/mol. The highest BCUT2D eigenvalue weighted by molar-refractivity contribution is 6.30. The molecule has 0 spiro atoms. The van der Waals surface area contributed by atoms with Crippen LogP contribution in [0.3, 0.4) is 0 Å². The first-order valence-electron chi connectivity index (χ1n) is 10.1. The summed E-state index contributed by atoms with van der Waals surface area (Å²) in [5, 5.41) is 9.73. The molecule has 0 radical (unpaired) electrons. The van der Waals surface area contributed by atoms with E-state index >= 15 is 0 Å². The molecule has 1 aliphatic rings. The first kappa shape index (κ1) is 22.4. The van der Waals surface area contributed by atoms with Crippen molar-refractivity contribution < 1.29 is 28.3 Å². The highest BCUT2D eigenvalue weighted by Gasteiger charge is 2.20. The van der Waals surface area contributed by atoms with Crippen LogP contribution >= 0.6 is 11.6 Å². The van der Waals surface area contributed by atoms with E-state index in [1.165, 1.54) is 0 Å². The second-order valence-corrected chi connectivity index (χ2v) is 7.64. The SMILES string of the molecule is Cc1cc(Cl)ccc1OC(C)C(=O)NCCNC(=O)c1nc(-c2ccc3c(c2)OCO3)no1. The van der Waals surface area contributed by atoms with Crippen molar-refractivity contribution in [1.29, 1.82) is 0 Å². The van der Waals surface area contributed by atoms with E-state index in [1.807, 2.05) is 6.92 Å². The van der Waals surface area contributed by atoms with Crippen LogP contribution in [-0.4, -0.2) is 47.9 Å². The molecule has 1 aromatic heterocycles. The van der Waals surface area contributed by atoms with Crippen molar-refractivity contribution in [2.24, 2.45) is 0 Å². The van der Waals surface area contributed by atoms with E-state index in [-0.39, 0.29) is 37.5 Å². The molecule has 2 amide bonds. The summed E-state index contributed by atoms with van der Waals surface area (Å²) in [7, 11) is 0. The number of hydrogen-bond donors (Lipinski definition) is 2. The molecule has 172 valence electrons. The van der Waals surface area contributed by atoms with Crippen molar-refractivity contribution in [1.82, 2.24) is 20.8 Å². The number of carbonyl (C=O) groups excluding carboxylic acids is 2. The third-order valence-electron chi connectivity index (χ3n) is 4.77. The Hall–Kier alpha value is -3.79. The number of hydrogen-bond acceptors (Lipinski definition) is 8. The standard InChI is InChI=1S/C22H21ClN4O6/c1-12-9-15(23)4-6-16(12)32-13(2)20(28)24-7-8-25-21(29)22-26-19(27-33-22)14-3-5-17-18(10-14)31-11-30-17/h3-6,9-10,13H,7-8,11H2,1-2H3,(H,24,28)(H,25,29). The smallest absolute Gasteiger partial charge is 0.316 e. The molecule has 11 heteroatoms. The number of aromatic nitrogens is 2. The minimum atomic E-state index is -0.722. The summed E-state index contributed by atoms with van der Waals surface area (Å²) in [6.07, 6.45) is -0.722. The van der Waals surface area contributed by atoms with Gasteiger partial charge < -0.3 is 29.4 Å². The molecule has 2 heterocycles. The highest BCUT2D eigenvalue weighted by atomic mass is 35.5. The number of amides is 2. The van der Waals surface area contributed by atoms with Crippen LogP contribution in [0.25, 0.3) is 11.4 Å². The zero-order chi connectivity index (χ0) is 23.4. The Bertz CT molecular complexity index is 1180. The molecule has 1 atom stereocenters. The molecule has 0 aliphatic carbocycles. The number of fused-ring (bicyclic) bond motifs is 1. The number of nitrogens with zero attached hydrogens (tertiary/aromatic N) is 2. The van der Waals surface area contributed by atoms with E-state index in [0.717, 1.165) is 5.56 Å². The van der Waals surface area contributed by atoms with Gasteiger partial charge in [-0.1, -0.05) is 16.8 Å². The summed E-state index contributed by atoms with van der Waals surface area (Å²) >= 11 is 5.93. The fourth-order valence-electron chi connectivity index (χ4n) is 3.04. The summed E-state index contributed by atoms with van der Waals surface area (Å²) in [4.78, 5) is 28.6. The number of ether oxygens (including phenoxy) is 3. The van der Waals surface area contributed by atoms with Gasteiger partial charge in [0.1, 0.15) is 5.75 Å². The van der Waals surface area contributed by atoms with Crippen LogP contribution in [0.15, 0.2) is 40.9 Å². The van der Waals surface area contributed by atoms with E-state index in [9.17, 15) is 9.59 Å². The molecule has 0 saturated carbocycles. The fraction of sp³-hybridized carbons (Fsp3) is 0.273. The monoisotopic (exact) mass is 472 g/mol. The number of aryl methyl sites for hydroxylation is 1. The van der Waals surface area contributed by atoms with E-state index in [4.69, 9.17) is 30.3 Å². The number of halogens is 1. The van der Waals surface area contributed by atoms with Crippen LogP contribution in [0.2, 0.25) is 5.02 Å². The zero-order valence-corrected chi connectivity index (χ0v) is 18.6. The minimum absolute atomic E-state index is 0.154. The lowest BCUT2D eigenvalue weighted by Gasteiger charge is -2.16. The maximum Gasteiger partial charge on any atom is 0.316 e. The maximum absolute atomic E-state index is 12.3. The molecule has 0 fully saturated rings. The zero-order valence-electron chi connectivity index (χ0n) is 17.9. The van der Waals surface area contributed by atoms with Crippen molar-refractivity contribution in [3.63, 3.8) is 0 Å². The lowest BCUT2D eigenvalue weighted by atomic mass is 10.2. The van der Waals surface area contributed by atoms with Gasteiger partial charge in [0.2, 0.25) is 12.6 Å². The second-order valence-electron chi connectivity index (χ2n) is 7.21. The van der Waals surface area contributed by atoms with Gasteiger partial charge in [-0.2, -0.15) is 4.98 Å². The largest absolute Gasteiger partial charge is 0.481 e. The second kappa shape index (κ2) is 9.78. The van der Waals surface area contributed by atoms with Crippen molar-refractivity contribution in [2.75, 3.05) is 19.9 Å². The molecular formula is C22H21ClN4O6. The number of rotatable bonds is 8. The summed E-state index contributed by atoms with van der Waals surface area (Å²) in [5.41, 5.74) is 1.45. The van der Waals surface area contributed by atoms with Crippen LogP contribution in [0, 0.1) is 6.92 Å². The van der Waals surface area contributed by atoms with Crippen molar-refractivity contribution >= 4 is 23.4 Å². The van der Waals surface area contributed by atoms with E-state index < -0.39 is 12.0 Å². The van der Waals surface area contributed by atoms with Crippen molar-refractivity contribution in [3.8, 4) is 28.6 Å². The van der Waals surface area contributed by atoms with E-state index in [2.05, 4.69) is 20.8 Å². The van der Waals surface area contributed by atoms with Crippen LogP contribution in [-0.2, 0) is 4.79 Å². The van der Waals surface area contributed by atoms with Gasteiger partial charge in [-0.3, -0.25) is 9.59 Å². The highest BCUT2D eigenvalue weighted by Crippen LogP contribution is 2.35. The Morgan fingerprint density at radius 2 is 1.91 bits per heavy atom. The van der Waals surface area contributed by atoms with Crippen LogP contribution < -0.4 is 24.8 Å². The minimum Gasteiger partial charge on any atom is -0.481 e. The molecule has 1 unspecified atom stereocenters. The van der Waals surface area contributed by atoms with Gasteiger partial charge in [0.05, 0.1) is 0 Å². The quantitative estimate of drug-likeness (QED) is 0.479. The van der Waals surface area contributed by atoms with Crippen LogP contribution in [0.5, 0.6) is 17.2 Å². The molecular weight excluding hydrogens is 452 g/mol. The Kier molecular flexibility index (Phi) is 6.64. The predicted octanol–water partition coefficient (Wildman–Crippen LogP) is 2.74. The van der Waals surface area contributed by atoms with Gasteiger partial charge in [-0.15, -0.1) is 0 Å². The first-order chi connectivity index (χ1) is 15.9. The van der Waals surface area contributed by atoms with Gasteiger partial charge in [-0.25, -0.2) is 0 Å². The summed E-state index contributed by atoms with van der Waals surface area (Å²) in [5.74, 6) is 0.962. The first-order valence-corrected chi connectivity index (χ1v) is 10.5. The number of benzene rings is 2. The average Bonchev–Trinajstić information content (AvgIpc) is 3.47. The Labute approximate surface area is 194 Å². The lowest BCUT2D eigenvalue weighted by Crippen LogP contribution is -2.40. The van der Waals surface area contributed by atoms with Crippen molar-refractivity contribution in [2.45, 2.75) is 20.0 Å². The third-order valence-corrected chi connectivity index (χ3v) is 5.01. The van der Waals surface area contributed by atoms with E-state index in [1.54, 1.807) is 43.3 Å². The third kappa shape index (κ3) is 5.35. The molecule has 2 aromatic carbocycles. The van der Waals surface area contributed by atoms with Crippen LogP contribution in [0.4, 0.5) is 0 Å². The summed E-state index contributed by atoms with van der Waals surface area (Å²) < 4.78 is 21.3. The van der Waals surface area contributed by atoms with Gasteiger partial charge in [0, 0.05) is 23.7 Å². The molecule has 0 saturated heterocycles. The Morgan fingerprint density at radius 1 is 1.12 bits per heavy atom. The molecule has 2 N–H and O–H groups in total. The molecule has 3 aromatic rings. The van der Waals surface area contributed by atoms with E-state index in [0.29, 0.717) is 27.8 Å². The Balaban J connectivity index is 1.23. The molecule has 4 rings (SSSR count). The van der Waals surface area contributed by atoms with Gasteiger partial charge in [0.25, 0.3) is 5.91 Å². The molecule has 10 nitrogen and oxygen atoms in total. The van der Waals surface area contributed by atoms with Crippen molar-refractivity contribution in [3.05, 3.63) is 52.9 Å². The Morgan fingerprint density at radius 3 is 2.73 bits per heavy atom. The maximum atomic E-state index is 12.3. The fourth-order valence-corrected chi connectivity index (χ4v) is 3.27. The number of carbonyl (C=O) groups is 2. The van der Waals surface area contributed by atoms with Gasteiger partial charge >= 0.3 is 11.8 Å². The average molecular weight is 473 g/mol. The molecule has 33 heavy (non-hydrogen) atoms. The van der Waals surface area contributed by atoms with Gasteiger partial charge in [-0.05, 0) is 55.8 Å². The molecule has 0 bridgehead atoms. The number of nitrogens with one attached hydrogen (secondary N) is 2. The van der Waals surface area contributed by atoms with Gasteiger partial charge in [0.15, 0.2) is 17.6 Å².